The normalized spacial score (nSPS) is 14.1. The Hall–Kier alpha value is -1.68. The lowest BCUT2D eigenvalue weighted by Crippen LogP contribution is -2.07. The summed E-state index contributed by atoms with van der Waals surface area (Å²) in [5.74, 6) is 0. The van der Waals surface area contributed by atoms with E-state index >= 15 is 0 Å². The Morgan fingerprint density at radius 3 is 2.78 bits per heavy atom. The third-order valence-electron chi connectivity index (χ3n) is 3.23. The van der Waals surface area contributed by atoms with E-state index in [1.807, 2.05) is 24.3 Å². The van der Waals surface area contributed by atoms with Gasteiger partial charge in [-0.1, -0.05) is 36.4 Å². The van der Waals surface area contributed by atoms with E-state index in [-0.39, 0.29) is 4.90 Å². The van der Waals surface area contributed by atoms with Crippen LogP contribution < -0.4 is 0 Å². The van der Waals surface area contributed by atoms with Crippen molar-refractivity contribution in [3.63, 3.8) is 0 Å². The lowest BCUT2D eigenvalue weighted by Gasteiger charge is -2.15. The lowest BCUT2D eigenvalue weighted by molar-refractivity contribution is 0.534. The van der Waals surface area contributed by atoms with Crippen LogP contribution in [-0.2, 0) is 16.3 Å². The third kappa shape index (κ3) is 1.56. The molecular formula is C14H11FO2S. The van der Waals surface area contributed by atoms with Gasteiger partial charge in [-0.2, -0.15) is 0 Å². The number of hydrogen-bond acceptors (Lipinski definition) is 2. The molecule has 0 saturated carbocycles. The van der Waals surface area contributed by atoms with Crippen molar-refractivity contribution in [1.82, 2.24) is 0 Å². The van der Waals surface area contributed by atoms with Gasteiger partial charge in [0, 0.05) is 5.56 Å². The summed E-state index contributed by atoms with van der Waals surface area (Å²) in [6.45, 7) is 0. The van der Waals surface area contributed by atoms with Gasteiger partial charge in [-0.3, -0.25) is 0 Å². The third-order valence-corrected chi connectivity index (χ3v) is 4.55. The highest BCUT2D eigenvalue weighted by molar-refractivity contribution is 7.91. The van der Waals surface area contributed by atoms with Crippen LogP contribution in [0.5, 0.6) is 0 Å². The van der Waals surface area contributed by atoms with E-state index < -0.39 is 15.8 Å². The molecule has 0 heterocycles. The first kappa shape index (κ1) is 11.4. The van der Waals surface area contributed by atoms with E-state index in [0.29, 0.717) is 5.56 Å². The number of rotatable bonds is 2. The van der Waals surface area contributed by atoms with Gasteiger partial charge in [-0.15, -0.1) is 0 Å². The van der Waals surface area contributed by atoms with Crippen LogP contribution in [0.25, 0.3) is 16.8 Å². The molecule has 0 saturated heterocycles. The molecule has 0 aliphatic heterocycles. The van der Waals surface area contributed by atoms with Gasteiger partial charge in [0.1, 0.15) is 0 Å². The summed E-state index contributed by atoms with van der Waals surface area (Å²) >= 11 is 0. The molecule has 0 bridgehead atoms. The predicted molar refractivity (Wildman–Crippen MR) is 69.8 cm³/mol. The smallest absolute Gasteiger partial charge is 0.208 e. The van der Waals surface area contributed by atoms with E-state index in [4.69, 9.17) is 0 Å². The monoisotopic (exact) mass is 262 g/mol. The molecule has 0 amide bonds. The second-order valence-corrected chi connectivity index (χ2v) is 6.21. The summed E-state index contributed by atoms with van der Waals surface area (Å²) < 4.78 is 36.2. The first-order valence-electron chi connectivity index (χ1n) is 5.63. The fraction of sp³-hybridized carbons (Fsp3) is 0.143. The molecule has 2 aromatic carbocycles. The minimum absolute atomic E-state index is 0.0842. The van der Waals surface area contributed by atoms with Crippen LogP contribution in [0.15, 0.2) is 41.3 Å². The quantitative estimate of drug-likeness (QED) is 0.833. The zero-order chi connectivity index (χ0) is 12.8. The molecule has 4 heteroatoms. The van der Waals surface area contributed by atoms with Crippen molar-refractivity contribution in [2.45, 2.75) is 11.3 Å². The van der Waals surface area contributed by atoms with Crippen molar-refractivity contribution < 1.29 is 12.8 Å². The van der Waals surface area contributed by atoms with Crippen LogP contribution in [0.4, 0.5) is 4.39 Å². The summed E-state index contributed by atoms with van der Waals surface area (Å²) in [5.41, 5.74) is 1.70. The van der Waals surface area contributed by atoms with Crippen molar-refractivity contribution in [3.8, 4) is 0 Å². The van der Waals surface area contributed by atoms with Crippen LogP contribution in [0, 0.1) is 0 Å². The van der Waals surface area contributed by atoms with Gasteiger partial charge in [-0.05, 0) is 28.8 Å². The van der Waals surface area contributed by atoms with Gasteiger partial charge in [0.15, 0.2) is 6.01 Å². The Kier molecular flexibility index (Phi) is 2.48. The van der Waals surface area contributed by atoms with E-state index in [9.17, 15) is 12.8 Å². The van der Waals surface area contributed by atoms with Crippen molar-refractivity contribution in [1.29, 1.82) is 0 Å². The van der Waals surface area contributed by atoms with Gasteiger partial charge in [0.25, 0.3) is 0 Å². The Morgan fingerprint density at radius 1 is 1.17 bits per heavy atom. The van der Waals surface area contributed by atoms with Crippen LogP contribution >= 0.6 is 0 Å². The molecule has 3 rings (SSSR count). The zero-order valence-electron chi connectivity index (χ0n) is 9.56. The average Bonchev–Trinajstić information content (AvgIpc) is 2.39. The fourth-order valence-electron chi connectivity index (χ4n) is 2.44. The summed E-state index contributed by atoms with van der Waals surface area (Å²) in [7, 11) is -3.83. The van der Waals surface area contributed by atoms with Crippen LogP contribution in [-0.4, -0.2) is 14.4 Å². The molecule has 0 radical (unpaired) electrons. The molecule has 1 aliphatic carbocycles. The van der Waals surface area contributed by atoms with Crippen molar-refractivity contribution >= 4 is 26.7 Å². The molecule has 0 fully saturated rings. The number of alkyl halides is 1. The zero-order valence-corrected chi connectivity index (χ0v) is 10.4. The van der Waals surface area contributed by atoms with Crippen molar-refractivity contribution in [2.75, 3.05) is 6.01 Å². The average molecular weight is 262 g/mol. The molecule has 0 spiro atoms. The standard InChI is InChI=1S/C14H11FO2S/c15-9-18(16,17)13-8-7-11-4-1-3-10-5-2-6-12(13)14(10)11/h1-4,6-8H,5,9H2. The molecule has 0 unspecified atom stereocenters. The van der Waals surface area contributed by atoms with Gasteiger partial charge < -0.3 is 0 Å². The van der Waals surface area contributed by atoms with E-state index in [0.717, 1.165) is 22.8 Å². The van der Waals surface area contributed by atoms with E-state index in [2.05, 4.69) is 0 Å². The van der Waals surface area contributed by atoms with E-state index in [1.54, 1.807) is 12.1 Å². The van der Waals surface area contributed by atoms with Crippen LogP contribution in [0.1, 0.15) is 11.1 Å². The summed E-state index contributed by atoms with van der Waals surface area (Å²) in [6.07, 6.45) is 4.47. The minimum atomic E-state index is -3.83. The molecule has 92 valence electrons. The second kappa shape index (κ2) is 3.92. The number of halogens is 1. The number of hydrogen-bond donors (Lipinski definition) is 0. The molecule has 0 aromatic heterocycles. The highest BCUT2D eigenvalue weighted by atomic mass is 32.2. The maximum atomic E-state index is 12.7. The predicted octanol–water partition coefficient (Wildman–Crippen LogP) is 3.11. The molecule has 0 atom stereocenters. The number of benzene rings is 2. The Labute approximate surface area is 105 Å². The Bertz CT molecular complexity index is 761. The fourth-order valence-corrected chi connectivity index (χ4v) is 3.33. The highest BCUT2D eigenvalue weighted by Crippen LogP contribution is 2.33. The van der Waals surface area contributed by atoms with Gasteiger partial charge in [0.2, 0.25) is 9.84 Å². The molecule has 1 aliphatic rings. The number of sulfone groups is 1. The minimum Gasteiger partial charge on any atom is -0.233 e. The summed E-state index contributed by atoms with van der Waals surface area (Å²) in [5, 5.41) is 1.92. The maximum Gasteiger partial charge on any atom is 0.208 e. The summed E-state index contributed by atoms with van der Waals surface area (Å²) in [4.78, 5) is 0.0842. The lowest BCUT2D eigenvalue weighted by atomic mass is 9.93. The SMILES string of the molecule is O=S(=O)(CF)c1ccc2cccc3c2c1C=CC3. The topological polar surface area (TPSA) is 34.1 Å². The Balaban J connectivity index is 2.46. The largest absolute Gasteiger partial charge is 0.233 e. The van der Waals surface area contributed by atoms with Gasteiger partial charge >= 0.3 is 0 Å². The summed E-state index contributed by atoms with van der Waals surface area (Å²) in [6, 6.07) is 7.73. The van der Waals surface area contributed by atoms with Crippen molar-refractivity contribution in [3.05, 3.63) is 47.5 Å². The molecule has 2 nitrogen and oxygen atoms in total. The first-order valence-corrected chi connectivity index (χ1v) is 7.28. The first-order chi connectivity index (χ1) is 8.63. The van der Waals surface area contributed by atoms with Gasteiger partial charge in [-0.25, -0.2) is 12.8 Å². The van der Waals surface area contributed by atoms with Gasteiger partial charge in [0.05, 0.1) is 4.90 Å². The molecule has 2 aromatic rings. The second-order valence-electron chi connectivity index (χ2n) is 4.32. The van der Waals surface area contributed by atoms with Crippen LogP contribution in [0.3, 0.4) is 0 Å². The van der Waals surface area contributed by atoms with Crippen LogP contribution in [0.2, 0.25) is 0 Å². The van der Waals surface area contributed by atoms with E-state index in [1.165, 1.54) is 6.07 Å². The maximum absolute atomic E-state index is 12.7. The molecule has 0 N–H and O–H groups in total. The Morgan fingerprint density at radius 2 is 2.00 bits per heavy atom. The number of allylic oxidation sites excluding steroid dienone is 1. The molecular weight excluding hydrogens is 251 g/mol. The molecule has 18 heavy (non-hydrogen) atoms. The van der Waals surface area contributed by atoms with Crippen molar-refractivity contribution in [2.24, 2.45) is 0 Å². The highest BCUT2D eigenvalue weighted by Gasteiger charge is 2.21.